The fourth-order valence-corrected chi connectivity index (χ4v) is 3.98. The highest BCUT2D eigenvalue weighted by Crippen LogP contribution is 2.33. The van der Waals surface area contributed by atoms with Crippen LogP contribution in [0.25, 0.3) is 33.8 Å². The molecule has 0 bridgehead atoms. The quantitative estimate of drug-likeness (QED) is 0.504. The van der Waals surface area contributed by atoms with Crippen LogP contribution < -0.4 is 0 Å². The molecule has 0 radical (unpaired) electrons. The zero-order chi connectivity index (χ0) is 20.7. The molecule has 2 unspecified atom stereocenters. The first-order chi connectivity index (χ1) is 14.6. The summed E-state index contributed by atoms with van der Waals surface area (Å²) in [6.45, 7) is 4.99. The highest BCUT2D eigenvalue weighted by molar-refractivity contribution is 6.10. The van der Waals surface area contributed by atoms with Crippen LogP contribution in [0.4, 0.5) is 0 Å². The van der Waals surface area contributed by atoms with Crippen molar-refractivity contribution in [2.45, 2.75) is 26.1 Å². The van der Waals surface area contributed by atoms with Gasteiger partial charge in [-0.05, 0) is 32.0 Å². The normalized spacial score (nSPS) is 19.3. The van der Waals surface area contributed by atoms with Gasteiger partial charge in [-0.15, -0.1) is 0 Å². The molecule has 2 atom stereocenters. The maximum absolute atomic E-state index is 13.7. The van der Waals surface area contributed by atoms with Gasteiger partial charge < -0.3 is 18.6 Å². The Kier molecular flexibility index (Phi) is 4.59. The van der Waals surface area contributed by atoms with E-state index in [4.69, 9.17) is 13.7 Å². The largest absolute Gasteiger partial charge is 0.463 e. The van der Waals surface area contributed by atoms with Gasteiger partial charge in [0.2, 0.25) is 0 Å². The van der Waals surface area contributed by atoms with Gasteiger partial charge in [0.25, 0.3) is 11.6 Å². The third kappa shape index (κ3) is 3.27. The Balaban J connectivity index is 1.69. The Morgan fingerprint density at radius 2 is 1.83 bits per heavy atom. The molecule has 4 heterocycles. The van der Waals surface area contributed by atoms with Crippen molar-refractivity contribution in [2.24, 2.45) is 0 Å². The highest BCUT2D eigenvalue weighted by atomic mass is 16.5. The SMILES string of the molecule is CC1CN(C(=O)c2cc(-c3ccco3)nc3onc(-c4ccccc4)c23)CC(C)O1. The van der Waals surface area contributed by atoms with Crippen molar-refractivity contribution in [3.8, 4) is 22.7 Å². The second-order valence-electron chi connectivity index (χ2n) is 7.58. The number of benzene rings is 1. The summed E-state index contributed by atoms with van der Waals surface area (Å²) in [5, 5.41) is 4.85. The number of amides is 1. The number of pyridine rings is 1. The van der Waals surface area contributed by atoms with Crippen LogP contribution in [0.1, 0.15) is 24.2 Å². The number of fused-ring (bicyclic) bond motifs is 1. The van der Waals surface area contributed by atoms with Gasteiger partial charge in [-0.25, -0.2) is 4.98 Å². The van der Waals surface area contributed by atoms with Gasteiger partial charge >= 0.3 is 0 Å². The third-order valence-electron chi connectivity index (χ3n) is 5.20. The smallest absolute Gasteiger partial charge is 0.259 e. The van der Waals surface area contributed by atoms with E-state index < -0.39 is 0 Å². The van der Waals surface area contributed by atoms with E-state index in [0.717, 1.165) is 5.56 Å². The lowest BCUT2D eigenvalue weighted by Crippen LogP contribution is -2.48. The molecule has 7 nitrogen and oxygen atoms in total. The van der Waals surface area contributed by atoms with Crippen molar-refractivity contribution in [1.29, 1.82) is 0 Å². The molecule has 1 saturated heterocycles. The van der Waals surface area contributed by atoms with E-state index in [-0.39, 0.29) is 18.1 Å². The summed E-state index contributed by atoms with van der Waals surface area (Å²) >= 11 is 0. The van der Waals surface area contributed by atoms with Crippen LogP contribution >= 0.6 is 0 Å². The zero-order valence-electron chi connectivity index (χ0n) is 16.7. The molecule has 5 rings (SSSR count). The maximum Gasteiger partial charge on any atom is 0.259 e. The van der Waals surface area contributed by atoms with Crippen molar-refractivity contribution in [1.82, 2.24) is 15.0 Å². The van der Waals surface area contributed by atoms with E-state index in [2.05, 4.69) is 10.1 Å². The predicted octanol–water partition coefficient (Wildman–Crippen LogP) is 4.40. The van der Waals surface area contributed by atoms with Crippen LogP contribution in [0.2, 0.25) is 0 Å². The van der Waals surface area contributed by atoms with E-state index in [1.807, 2.05) is 49.1 Å². The molecular weight excluding hydrogens is 382 g/mol. The Morgan fingerprint density at radius 1 is 1.07 bits per heavy atom. The number of carbonyl (C=O) groups excluding carboxylic acids is 1. The second kappa shape index (κ2) is 7.42. The Labute approximate surface area is 173 Å². The second-order valence-corrected chi connectivity index (χ2v) is 7.58. The molecule has 0 saturated carbocycles. The van der Waals surface area contributed by atoms with Crippen LogP contribution in [0.5, 0.6) is 0 Å². The first-order valence-corrected chi connectivity index (χ1v) is 9.94. The molecule has 1 amide bonds. The summed E-state index contributed by atoms with van der Waals surface area (Å²) in [5.41, 5.74) is 2.79. The van der Waals surface area contributed by atoms with Gasteiger partial charge in [0.1, 0.15) is 11.4 Å². The fraction of sp³-hybridized carbons (Fsp3) is 0.261. The Bertz CT molecular complexity index is 1170. The van der Waals surface area contributed by atoms with Gasteiger partial charge in [0.15, 0.2) is 5.76 Å². The standard InChI is InChI=1S/C23H21N3O4/c1-14-12-26(13-15(2)29-14)23(27)17-11-18(19-9-6-10-28-19)24-22-20(17)21(25-30-22)16-7-4-3-5-8-16/h3-11,14-15H,12-13H2,1-2H3. The molecule has 30 heavy (non-hydrogen) atoms. The first kappa shape index (κ1) is 18.6. The van der Waals surface area contributed by atoms with Crippen LogP contribution in [0.15, 0.2) is 63.7 Å². The minimum Gasteiger partial charge on any atom is -0.463 e. The van der Waals surface area contributed by atoms with Gasteiger partial charge in [-0.1, -0.05) is 35.5 Å². The summed E-state index contributed by atoms with van der Waals surface area (Å²) in [5.74, 6) is 0.463. The van der Waals surface area contributed by atoms with Crippen molar-refractivity contribution in [3.05, 3.63) is 60.4 Å². The van der Waals surface area contributed by atoms with Crippen molar-refractivity contribution in [2.75, 3.05) is 13.1 Å². The number of nitrogens with zero attached hydrogens (tertiary/aromatic N) is 3. The van der Waals surface area contributed by atoms with E-state index in [1.54, 1.807) is 24.5 Å². The highest BCUT2D eigenvalue weighted by Gasteiger charge is 2.30. The van der Waals surface area contributed by atoms with Gasteiger partial charge in [-0.2, -0.15) is 0 Å². The monoisotopic (exact) mass is 403 g/mol. The summed E-state index contributed by atoms with van der Waals surface area (Å²) in [4.78, 5) is 20.0. The molecule has 152 valence electrons. The molecule has 0 N–H and O–H groups in total. The van der Waals surface area contributed by atoms with Crippen molar-refractivity contribution < 1.29 is 18.5 Å². The lowest BCUT2D eigenvalue weighted by atomic mass is 10.0. The molecule has 0 aliphatic carbocycles. The van der Waals surface area contributed by atoms with Gasteiger partial charge in [0, 0.05) is 18.7 Å². The van der Waals surface area contributed by atoms with Crippen LogP contribution in [0, 0.1) is 0 Å². The number of carbonyl (C=O) groups is 1. The zero-order valence-corrected chi connectivity index (χ0v) is 16.7. The molecule has 3 aromatic heterocycles. The summed E-state index contributed by atoms with van der Waals surface area (Å²) in [7, 11) is 0. The van der Waals surface area contributed by atoms with Crippen LogP contribution in [0.3, 0.4) is 0 Å². The minimum absolute atomic E-state index is 0.0318. The molecular formula is C23H21N3O4. The minimum atomic E-state index is -0.0995. The molecule has 4 aromatic rings. The van der Waals surface area contributed by atoms with E-state index in [0.29, 0.717) is 46.9 Å². The average Bonchev–Trinajstić information content (AvgIpc) is 3.42. The summed E-state index contributed by atoms with van der Waals surface area (Å²) in [6.07, 6.45) is 1.51. The van der Waals surface area contributed by atoms with Crippen LogP contribution in [-0.4, -0.2) is 46.2 Å². The number of aromatic nitrogens is 2. The lowest BCUT2D eigenvalue weighted by Gasteiger charge is -2.35. The first-order valence-electron chi connectivity index (χ1n) is 9.94. The Morgan fingerprint density at radius 3 is 2.53 bits per heavy atom. The summed E-state index contributed by atoms with van der Waals surface area (Å²) in [6, 6.07) is 15.0. The number of hydrogen-bond acceptors (Lipinski definition) is 6. The van der Waals surface area contributed by atoms with E-state index in [9.17, 15) is 4.79 Å². The molecule has 1 aliphatic heterocycles. The van der Waals surface area contributed by atoms with E-state index >= 15 is 0 Å². The van der Waals surface area contributed by atoms with E-state index in [1.165, 1.54) is 0 Å². The fourth-order valence-electron chi connectivity index (χ4n) is 3.98. The number of furan rings is 1. The maximum atomic E-state index is 13.7. The number of hydrogen-bond donors (Lipinski definition) is 0. The number of ether oxygens (including phenoxy) is 1. The molecule has 7 heteroatoms. The number of rotatable bonds is 3. The number of morpholine rings is 1. The third-order valence-corrected chi connectivity index (χ3v) is 5.20. The van der Waals surface area contributed by atoms with Gasteiger partial charge in [0.05, 0.1) is 29.4 Å². The predicted molar refractivity (Wildman–Crippen MR) is 111 cm³/mol. The summed E-state index contributed by atoms with van der Waals surface area (Å²) < 4.78 is 16.9. The van der Waals surface area contributed by atoms with Crippen molar-refractivity contribution >= 4 is 17.0 Å². The molecule has 1 fully saturated rings. The molecule has 1 aliphatic rings. The van der Waals surface area contributed by atoms with Crippen LogP contribution in [-0.2, 0) is 4.74 Å². The topological polar surface area (TPSA) is 81.6 Å². The van der Waals surface area contributed by atoms with Gasteiger partial charge in [-0.3, -0.25) is 4.79 Å². The molecule has 1 aromatic carbocycles. The lowest BCUT2D eigenvalue weighted by molar-refractivity contribution is -0.0585. The Hall–Kier alpha value is -3.45. The van der Waals surface area contributed by atoms with Crippen molar-refractivity contribution in [3.63, 3.8) is 0 Å². The molecule has 0 spiro atoms. The average molecular weight is 403 g/mol.